The number of hydrogen-bond acceptors (Lipinski definition) is 7. The third-order valence-electron chi connectivity index (χ3n) is 5.25. The molecule has 7 heteroatoms. The minimum atomic E-state index is -0.697. The lowest BCUT2D eigenvalue weighted by Crippen LogP contribution is -2.32. The average Bonchev–Trinajstić information content (AvgIpc) is 2.78. The Morgan fingerprint density at radius 1 is 0.781 bits per heavy atom. The molecule has 7 nitrogen and oxygen atoms in total. The summed E-state index contributed by atoms with van der Waals surface area (Å²) in [5.74, 6) is -1.93. The molecular formula is C25H25NO6. The minimum absolute atomic E-state index is 0.308. The standard InChI is InChI=1S/C25H25NO6/c1-14-7-6-8-18(13-14)23(27)32-19-11-9-17(10-12-19)22-20(24(28)30-4)15(2)26-16(3)21(22)25(29)31-5/h6-13,22,26H,1-5H3. The number of rotatable bonds is 5. The predicted octanol–water partition coefficient (Wildman–Crippen LogP) is 3.80. The number of aryl methyl sites for hydroxylation is 1. The second-order valence-electron chi connectivity index (χ2n) is 7.45. The van der Waals surface area contributed by atoms with Crippen molar-refractivity contribution in [2.75, 3.05) is 14.2 Å². The molecule has 0 saturated carbocycles. The lowest BCUT2D eigenvalue weighted by atomic mass is 9.80. The van der Waals surface area contributed by atoms with Crippen LogP contribution in [-0.2, 0) is 19.1 Å². The summed E-state index contributed by atoms with van der Waals surface area (Å²) in [6.45, 7) is 5.39. The van der Waals surface area contributed by atoms with E-state index in [1.54, 1.807) is 56.3 Å². The molecule has 0 radical (unpaired) electrons. The van der Waals surface area contributed by atoms with E-state index in [0.717, 1.165) is 5.56 Å². The molecule has 1 N–H and O–H groups in total. The van der Waals surface area contributed by atoms with Gasteiger partial charge in [-0.25, -0.2) is 14.4 Å². The molecule has 0 aliphatic carbocycles. The van der Waals surface area contributed by atoms with E-state index in [2.05, 4.69) is 5.32 Å². The summed E-state index contributed by atoms with van der Waals surface area (Å²) in [6, 6.07) is 13.8. The Bertz CT molecular complexity index is 1090. The predicted molar refractivity (Wildman–Crippen MR) is 118 cm³/mol. The van der Waals surface area contributed by atoms with E-state index in [4.69, 9.17) is 14.2 Å². The number of dihydropyridines is 1. The third-order valence-corrected chi connectivity index (χ3v) is 5.25. The molecule has 3 rings (SSSR count). The maximum atomic E-state index is 12.6. The Balaban J connectivity index is 1.96. The number of hydrogen-bond donors (Lipinski definition) is 1. The van der Waals surface area contributed by atoms with Gasteiger partial charge in [-0.1, -0.05) is 29.8 Å². The zero-order valence-corrected chi connectivity index (χ0v) is 18.6. The second-order valence-corrected chi connectivity index (χ2v) is 7.45. The van der Waals surface area contributed by atoms with E-state index in [-0.39, 0.29) is 0 Å². The second kappa shape index (κ2) is 9.51. The van der Waals surface area contributed by atoms with E-state index in [1.807, 2.05) is 13.0 Å². The molecule has 1 heterocycles. The first-order chi connectivity index (χ1) is 15.3. The molecule has 0 spiro atoms. The quantitative estimate of drug-likeness (QED) is 0.564. The first kappa shape index (κ1) is 22.8. The van der Waals surface area contributed by atoms with Crippen LogP contribution in [-0.4, -0.2) is 32.1 Å². The van der Waals surface area contributed by atoms with Crippen LogP contribution in [0.2, 0.25) is 0 Å². The summed E-state index contributed by atoms with van der Waals surface area (Å²) in [6.07, 6.45) is 0. The molecule has 1 aliphatic heterocycles. The van der Waals surface area contributed by atoms with Crippen LogP contribution in [0.5, 0.6) is 5.75 Å². The van der Waals surface area contributed by atoms with E-state index in [9.17, 15) is 14.4 Å². The van der Waals surface area contributed by atoms with Gasteiger partial charge in [-0.05, 0) is 50.6 Å². The molecule has 1 aliphatic rings. The highest BCUT2D eigenvalue weighted by atomic mass is 16.5. The fraction of sp³-hybridized carbons (Fsp3) is 0.240. The SMILES string of the molecule is COC(=O)C1=C(C)NC(C)=C(C(=O)OC)C1c1ccc(OC(=O)c2cccc(C)c2)cc1. The van der Waals surface area contributed by atoms with Crippen LogP contribution in [0.1, 0.15) is 41.3 Å². The molecule has 0 unspecified atom stereocenters. The Hall–Kier alpha value is -3.87. The van der Waals surface area contributed by atoms with Crippen LogP contribution in [0.3, 0.4) is 0 Å². The maximum absolute atomic E-state index is 12.6. The lowest BCUT2D eigenvalue weighted by Gasteiger charge is -2.30. The fourth-order valence-corrected chi connectivity index (χ4v) is 3.75. The van der Waals surface area contributed by atoms with Gasteiger partial charge < -0.3 is 19.5 Å². The van der Waals surface area contributed by atoms with Crippen molar-refractivity contribution in [2.24, 2.45) is 0 Å². The van der Waals surface area contributed by atoms with Gasteiger partial charge in [0.15, 0.2) is 0 Å². The van der Waals surface area contributed by atoms with Crippen molar-refractivity contribution in [3.63, 3.8) is 0 Å². The first-order valence-corrected chi connectivity index (χ1v) is 10.0. The van der Waals surface area contributed by atoms with Gasteiger partial charge in [0, 0.05) is 11.4 Å². The van der Waals surface area contributed by atoms with Gasteiger partial charge in [-0.3, -0.25) is 0 Å². The number of methoxy groups -OCH3 is 2. The van der Waals surface area contributed by atoms with Gasteiger partial charge in [0.2, 0.25) is 0 Å². The van der Waals surface area contributed by atoms with Crippen LogP contribution in [0.25, 0.3) is 0 Å². The molecule has 32 heavy (non-hydrogen) atoms. The molecule has 0 aromatic heterocycles. The zero-order valence-electron chi connectivity index (χ0n) is 18.6. The molecule has 2 aromatic carbocycles. The molecule has 0 amide bonds. The lowest BCUT2D eigenvalue weighted by molar-refractivity contribution is -0.137. The highest BCUT2D eigenvalue weighted by Crippen LogP contribution is 2.39. The summed E-state index contributed by atoms with van der Waals surface area (Å²) in [5, 5.41) is 3.06. The van der Waals surface area contributed by atoms with Gasteiger partial charge in [-0.15, -0.1) is 0 Å². The van der Waals surface area contributed by atoms with E-state index < -0.39 is 23.8 Å². The number of allylic oxidation sites excluding steroid dienone is 2. The van der Waals surface area contributed by atoms with E-state index in [1.165, 1.54) is 14.2 Å². The number of benzene rings is 2. The molecule has 166 valence electrons. The molecule has 0 atom stereocenters. The van der Waals surface area contributed by atoms with Crippen molar-refractivity contribution in [3.05, 3.63) is 87.8 Å². The van der Waals surface area contributed by atoms with Crippen molar-refractivity contribution < 1.29 is 28.6 Å². The number of carbonyl (C=O) groups excluding carboxylic acids is 3. The molecule has 0 fully saturated rings. The van der Waals surface area contributed by atoms with Crippen molar-refractivity contribution in [1.29, 1.82) is 0 Å². The Morgan fingerprint density at radius 3 is 1.84 bits per heavy atom. The van der Waals surface area contributed by atoms with Crippen LogP contribution in [0.4, 0.5) is 0 Å². The Kier molecular flexibility index (Phi) is 6.78. The Labute approximate surface area is 186 Å². The minimum Gasteiger partial charge on any atom is -0.466 e. The monoisotopic (exact) mass is 435 g/mol. The number of carbonyl (C=O) groups is 3. The fourth-order valence-electron chi connectivity index (χ4n) is 3.75. The number of nitrogens with one attached hydrogen (secondary N) is 1. The number of ether oxygens (including phenoxy) is 3. The number of esters is 3. The third kappa shape index (κ3) is 4.56. The van der Waals surface area contributed by atoms with Crippen molar-refractivity contribution in [2.45, 2.75) is 26.7 Å². The smallest absolute Gasteiger partial charge is 0.343 e. The summed E-state index contributed by atoms with van der Waals surface area (Å²) < 4.78 is 15.4. The maximum Gasteiger partial charge on any atom is 0.343 e. The van der Waals surface area contributed by atoms with Crippen molar-refractivity contribution >= 4 is 17.9 Å². The van der Waals surface area contributed by atoms with Gasteiger partial charge in [0.05, 0.1) is 36.8 Å². The van der Waals surface area contributed by atoms with Crippen LogP contribution in [0.15, 0.2) is 71.1 Å². The van der Waals surface area contributed by atoms with Gasteiger partial charge in [0.1, 0.15) is 5.75 Å². The molecule has 0 bridgehead atoms. The van der Waals surface area contributed by atoms with Gasteiger partial charge in [0.25, 0.3) is 0 Å². The van der Waals surface area contributed by atoms with Gasteiger partial charge >= 0.3 is 17.9 Å². The van der Waals surface area contributed by atoms with Crippen LogP contribution >= 0.6 is 0 Å². The highest BCUT2D eigenvalue weighted by Gasteiger charge is 2.37. The summed E-state index contributed by atoms with van der Waals surface area (Å²) >= 11 is 0. The molecule has 0 saturated heterocycles. The van der Waals surface area contributed by atoms with Crippen LogP contribution < -0.4 is 10.1 Å². The summed E-state index contributed by atoms with van der Waals surface area (Å²) in [4.78, 5) is 37.5. The Morgan fingerprint density at radius 2 is 1.34 bits per heavy atom. The normalized spacial score (nSPS) is 14.0. The summed E-state index contributed by atoms with van der Waals surface area (Å²) in [7, 11) is 2.58. The summed E-state index contributed by atoms with van der Waals surface area (Å²) in [5.41, 5.74) is 3.84. The topological polar surface area (TPSA) is 90.9 Å². The molecular weight excluding hydrogens is 410 g/mol. The first-order valence-electron chi connectivity index (χ1n) is 10.0. The van der Waals surface area contributed by atoms with E-state index >= 15 is 0 Å². The largest absolute Gasteiger partial charge is 0.466 e. The van der Waals surface area contributed by atoms with Crippen LogP contribution in [0, 0.1) is 6.92 Å². The average molecular weight is 435 g/mol. The highest BCUT2D eigenvalue weighted by molar-refractivity contribution is 5.99. The van der Waals surface area contributed by atoms with E-state index in [0.29, 0.717) is 39.4 Å². The van der Waals surface area contributed by atoms with Crippen molar-refractivity contribution in [1.82, 2.24) is 5.32 Å². The molecule has 2 aromatic rings. The van der Waals surface area contributed by atoms with Crippen molar-refractivity contribution in [3.8, 4) is 5.75 Å². The zero-order chi connectivity index (χ0) is 23.4. The van der Waals surface area contributed by atoms with Gasteiger partial charge in [-0.2, -0.15) is 0 Å².